The van der Waals surface area contributed by atoms with Crippen LogP contribution in [0, 0.1) is 35.3 Å². The number of aryl methyl sites for hydroxylation is 2. The van der Waals surface area contributed by atoms with Gasteiger partial charge in [-0.15, -0.1) is 0 Å². The average molecular weight is 337 g/mol. The van der Waals surface area contributed by atoms with Gasteiger partial charge in [0.05, 0.1) is 24.0 Å². The minimum absolute atomic E-state index is 0.00874. The molecule has 0 N–H and O–H groups in total. The van der Waals surface area contributed by atoms with Gasteiger partial charge in [0.15, 0.2) is 0 Å². The molecule has 0 aromatic carbocycles. The normalized spacial score (nSPS) is 27.4. The van der Waals surface area contributed by atoms with E-state index in [2.05, 4.69) is 18.9 Å². The second-order valence-corrected chi connectivity index (χ2v) is 7.23. The summed E-state index contributed by atoms with van der Waals surface area (Å²) in [5.74, 6) is -0.00708. The molecule has 1 aliphatic heterocycles. The highest BCUT2D eigenvalue weighted by Gasteiger charge is 2.61. The van der Waals surface area contributed by atoms with E-state index < -0.39 is 4.92 Å². The fraction of sp³-hybridized carbons (Fsp3) is 0.750. The van der Waals surface area contributed by atoms with Gasteiger partial charge in [0.25, 0.3) is 0 Å². The van der Waals surface area contributed by atoms with Crippen LogP contribution in [-0.4, -0.2) is 39.5 Å². The minimum Gasteiger partial charge on any atom is -0.461 e. The Hall–Kier alpha value is -1.96. The lowest BCUT2D eigenvalue weighted by Gasteiger charge is -2.53. The number of nitro groups is 1. The van der Waals surface area contributed by atoms with Crippen LogP contribution in [0.2, 0.25) is 0 Å². The van der Waals surface area contributed by atoms with Gasteiger partial charge in [-0.25, -0.2) is 0 Å². The quantitative estimate of drug-likeness (QED) is 0.464. The van der Waals surface area contributed by atoms with Gasteiger partial charge < -0.3 is 9.47 Å². The smallest absolute Gasteiger partial charge is 0.312 e. The van der Waals surface area contributed by atoms with Crippen LogP contribution < -0.4 is 0 Å². The van der Waals surface area contributed by atoms with Gasteiger partial charge in [0.1, 0.15) is 17.5 Å². The Labute approximate surface area is 140 Å². The third-order valence-electron chi connectivity index (χ3n) is 5.30. The number of ether oxygens (including phenoxy) is 2. The molecule has 1 aromatic rings. The molecule has 8 heteroatoms. The maximum absolute atomic E-state index is 12.2. The van der Waals surface area contributed by atoms with E-state index in [1.165, 1.54) is 4.68 Å². The van der Waals surface area contributed by atoms with Crippen LogP contribution in [0.4, 0.5) is 5.69 Å². The molecule has 24 heavy (non-hydrogen) atoms. The number of esters is 1. The van der Waals surface area contributed by atoms with Gasteiger partial charge in [-0.3, -0.25) is 19.6 Å². The number of hydrogen-bond acceptors (Lipinski definition) is 6. The first-order chi connectivity index (χ1) is 11.2. The molecular weight excluding hydrogens is 314 g/mol. The predicted octanol–water partition coefficient (Wildman–Crippen LogP) is 2.15. The fourth-order valence-corrected chi connectivity index (χ4v) is 4.08. The molecule has 1 saturated carbocycles. The van der Waals surface area contributed by atoms with Crippen LogP contribution in [0.15, 0.2) is 0 Å². The lowest BCUT2D eigenvalue weighted by Crippen LogP contribution is -2.61. The van der Waals surface area contributed by atoms with Gasteiger partial charge in [-0.1, -0.05) is 13.8 Å². The molecular formula is C16H23N3O5. The van der Waals surface area contributed by atoms with E-state index >= 15 is 0 Å². The second-order valence-electron chi connectivity index (χ2n) is 7.23. The van der Waals surface area contributed by atoms with Crippen molar-refractivity contribution in [1.82, 2.24) is 9.78 Å². The maximum atomic E-state index is 12.2. The van der Waals surface area contributed by atoms with E-state index in [1.807, 2.05) is 0 Å². The van der Waals surface area contributed by atoms with Crippen molar-refractivity contribution in [2.75, 3.05) is 6.61 Å². The third kappa shape index (κ3) is 2.58. The Morgan fingerprint density at radius 2 is 2.21 bits per heavy atom. The van der Waals surface area contributed by atoms with Crippen molar-refractivity contribution in [3.8, 4) is 0 Å². The summed E-state index contributed by atoms with van der Waals surface area (Å²) in [7, 11) is 0. The number of aromatic nitrogens is 2. The molecule has 1 aliphatic carbocycles. The highest BCUT2D eigenvalue weighted by molar-refractivity contribution is 5.69. The molecule has 0 bridgehead atoms. The predicted molar refractivity (Wildman–Crippen MR) is 84.5 cm³/mol. The molecule has 2 fully saturated rings. The van der Waals surface area contributed by atoms with E-state index in [4.69, 9.17) is 9.47 Å². The second kappa shape index (κ2) is 5.84. The molecule has 0 amide bonds. The van der Waals surface area contributed by atoms with Crippen molar-refractivity contribution < 1.29 is 19.2 Å². The molecule has 1 aromatic heterocycles. The molecule has 0 spiro atoms. The molecule has 8 nitrogen and oxygen atoms in total. The molecule has 0 unspecified atom stereocenters. The van der Waals surface area contributed by atoms with Crippen LogP contribution in [0.5, 0.6) is 0 Å². The lowest BCUT2D eigenvalue weighted by atomic mass is 9.59. The Kier molecular flexibility index (Phi) is 4.11. The zero-order chi connectivity index (χ0) is 17.6. The number of rotatable bonds is 5. The van der Waals surface area contributed by atoms with Crippen molar-refractivity contribution in [3.05, 3.63) is 21.5 Å². The Morgan fingerprint density at radius 1 is 1.50 bits per heavy atom. The fourth-order valence-electron chi connectivity index (χ4n) is 4.08. The maximum Gasteiger partial charge on any atom is 0.312 e. The SMILES string of the molecule is Cc1nn(CCC(=O)O[C@@H]2[C@H]3CCO[C@@H]3C2(C)C)c(C)c1[N+](=O)[O-]. The van der Waals surface area contributed by atoms with Gasteiger partial charge >= 0.3 is 11.7 Å². The summed E-state index contributed by atoms with van der Waals surface area (Å²) in [5, 5.41) is 15.2. The topological polar surface area (TPSA) is 96.5 Å². The number of carbonyl (C=O) groups excluding carboxylic acids is 1. The molecule has 2 aliphatic rings. The van der Waals surface area contributed by atoms with E-state index in [9.17, 15) is 14.9 Å². The summed E-state index contributed by atoms with van der Waals surface area (Å²) in [4.78, 5) is 22.8. The van der Waals surface area contributed by atoms with E-state index in [0.29, 0.717) is 17.3 Å². The number of hydrogen-bond donors (Lipinski definition) is 0. The Morgan fingerprint density at radius 3 is 2.83 bits per heavy atom. The van der Waals surface area contributed by atoms with Crippen LogP contribution in [0.1, 0.15) is 38.1 Å². The van der Waals surface area contributed by atoms with Gasteiger partial charge in [-0.05, 0) is 20.3 Å². The number of carbonyl (C=O) groups is 1. The summed E-state index contributed by atoms with van der Waals surface area (Å²) in [5.41, 5.74) is 0.665. The van der Waals surface area contributed by atoms with Crippen LogP contribution in [0.25, 0.3) is 0 Å². The summed E-state index contributed by atoms with van der Waals surface area (Å²) in [6.07, 6.45) is 1.13. The highest BCUT2D eigenvalue weighted by Crippen LogP contribution is 2.53. The first-order valence-electron chi connectivity index (χ1n) is 8.23. The largest absolute Gasteiger partial charge is 0.461 e. The number of nitrogens with zero attached hydrogens (tertiary/aromatic N) is 3. The first kappa shape index (κ1) is 16.9. The molecule has 2 heterocycles. The van der Waals surface area contributed by atoms with Gasteiger partial charge in [0, 0.05) is 17.9 Å². The van der Waals surface area contributed by atoms with Crippen molar-refractivity contribution in [3.63, 3.8) is 0 Å². The van der Waals surface area contributed by atoms with Crippen molar-refractivity contribution >= 4 is 11.7 Å². The van der Waals surface area contributed by atoms with Gasteiger partial charge in [0.2, 0.25) is 0 Å². The van der Waals surface area contributed by atoms with Gasteiger partial charge in [-0.2, -0.15) is 5.10 Å². The first-order valence-corrected chi connectivity index (χ1v) is 8.23. The third-order valence-corrected chi connectivity index (χ3v) is 5.30. The lowest BCUT2D eigenvalue weighted by molar-refractivity contribution is -0.386. The summed E-state index contributed by atoms with van der Waals surface area (Å²) >= 11 is 0. The van der Waals surface area contributed by atoms with Crippen molar-refractivity contribution in [2.45, 2.75) is 59.3 Å². The molecule has 3 rings (SSSR count). The van der Waals surface area contributed by atoms with Crippen molar-refractivity contribution in [2.24, 2.45) is 11.3 Å². The van der Waals surface area contributed by atoms with E-state index in [-0.39, 0.29) is 42.2 Å². The van der Waals surface area contributed by atoms with Crippen molar-refractivity contribution in [1.29, 1.82) is 0 Å². The Balaban J connectivity index is 1.59. The minimum atomic E-state index is -0.441. The van der Waals surface area contributed by atoms with E-state index in [0.717, 1.165) is 13.0 Å². The van der Waals surface area contributed by atoms with Crippen LogP contribution in [-0.2, 0) is 20.8 Å². The van der Waals surface area contributed by atoms with E-state index in [1.54, 1.807) is 13.8 Å². The average Bonchev–Trinajstić information content (AvgIpc) is 3.06. The molecule has 0 radical (unpaired) electrons. The van der Waals surface area contributed by atoms with Crippen LogP contribution in [0.3, 0.4) is 0 Å². The standard InChI is InChI=1S/C16H23N3O5/c1-9-13(19(21)22)10(2)18(17-9)7-5-12(20)24-15-11-6-8-23-14(11)16(15,3)4/h11,14-15H,5-8H2,1-4H3/t11-,14-,15+/m0/s1. The van der Waals surface area contributed by atoms with Crippen LogP contribution >= 0.6 is 0 Å². The number of fused-ring (bicyclic) bond motifs is 1. The Bertz CT molecular complexity index is 681. The molecule has 1 saturated heterocycles. The molecule has 132 valence electrons. The zero-order valence-electron chi connectivity index (χ0n) is 14.4. The summed E-state index contributed by atoms with van der Waals surface area (Å²) in [6.45, 7) is 8.35. The molecule has 3 atom stereocenters. The monoisotopic (exact) mass is 337 g/mol. The summed E-state index contributed by atoms with van der Waals surface area (Å²) < 4.78 is 12.9. The zero-order valence-corrected chi connectivity index (χ0v) is 14.4. The summed E-state index contributed by atoms with van der Waals surface area (Å²) in [6, 6.07) is 0. The highest BCUT2D eigenvalue weighted by atomic mass is 16.6.